The molecule has 1 fully saturated rings. The van der Waals surface area contributed by atoms with Gasteiger partial charge < -0.3 is 15.5 Å². The van der Waals surface area contributed by atoms with Crippen molar-refractivity contribution >= 4 is 17.4 Å². The van der Waals surface area contributed by atoms with Gasteiger partial charge in [-0.25, -0.2) is 9.18 Å². The predicted molar refractivity (Wildman–Crippen MR) is 75.2 cm³/mol. The summed E-state index contributed by atoms with van der Waals surface area (Å²) in [7, 11) is 0. The fraction of sp³-hybridized carbons (Fsp3) is 0.500. The normalized spacial score (nSPS) is 14.5. The SMILES string of the molecule is CCCNC(=O)Nc1ccc(N2CCCC2)c(F)c1. The highest BCUT2D eigenvalue weighted by Gasteiger charge is 2.16. The molecule has 2 rings (SSSR count). The molecule has 19 heavy (non-hydrogen) atoms. The fourth-order valence-electron chi connectivity index (χ4n) is 2.21. The van der Waals surface area contributed by atoms with Crippen LogP contribution in [0.2, 0.25) is 0 Å². The van der Waals surface area contributed by atoms with Crippen LogP contribution in [0.25, 0.3) is 0 Å². The number of halogens is 1. The molecule has 0 aliphatic carbocycles. The molecule has 2 amide bonds. The summed E-state index contributed by atoms with van der Waals surface area (Å²) < 4.78 is 14.0. The van der Waals surface area contributed by atoms with Crippen molar-refractivity contribution in [3.8, 4) is 0 Å². The number of amides is 2. The Morgan fingerprint density at radius 1 is 1.37 bits per heavy atom. The lowest BCUT2D eigenvalue weighted by Gasteiger charge is -2.18. The number of carbonyl (C=O) groups excluding carboxylic acids is 1. The average Bonchev–Trinajstić information content (AvgIpc) is 2.90. The maximum atomic E-state index is 14.0. The predicted octanol–water partition coefficient (Wildman–Crippen LogP) is 2.96. The molecule has 0 unspecified atom stereocenters. The van der Waals surface area contributed by atoms with E-state index in [2.05, 4.69) is 10.6 Å². The zero-order valence-electron chi connectivity index (χ0n) is 11.2. The summed E-state index contributed by atoms with van der Waals surface area (Å²) in [5, 5.41) is 5.31. The molecule has 0 radical (unpaired) electrons. The zero-order chi connectivity index (χ0) is 13.7. The van der Waals surface area contributed by atoms with Crippen LogP contribution in [-0.2, 0) is 0 Å². The molecule has 1 saturated heterocycles. The van der Waals surface area contributed by atoms with Crippen LogP contribution in [0.5, 0.6) is 0 Å². The lowest BCUT2D eigenvalue weighted by Crippen LogP contribution is -2.29. The third kappa shape index (κ3) is 3.59. The van der Waals surface area contributed by atoms with Crippen molar-refractivity contribution in [2.75, 3.05) is 29.9 Å². The Hall–Kier alpha value is -1.78. The van der Waals surface area contributed by atoms with E-state index < -0.39 is 0 Å². The van der Waals surface area contributed by atoms with Gasteiger partial charge in [0.1, 0.15) is 5.82 Å². The number of nitrogens with one attached hydrogen (secondary N) is 2. The first kappa shape index (κ1) is 13.6. The van der Waals surface area contributed by atoms with Gasteiger partial charge in [0.25, 0.3) is 0 Å². The van der Waals surface area contributed by atoms with Crippen LogP contribution in [-0.4, -0.2) is 25.7 Å². The van der Waals surface area contributed by atoms with E-state index in [4.69, 9.17) is 0 Å². The molecule has 4 nitrogen and oxygen atoms in total. The minimum Gasteiger partial charge on any atom is -0.369 e. The highest BCUT2D eigenvalue weighted by molar-refractivity contribution is 5.89. The number of rotatable bonds is 4. The summed E-state index contributed by atoms with van der Waals surface area (Å²) in [6, 6.07) is 4.55. The van der Waals surface area contributed by atoms with Gasteiger partial charge in [-0.3, -0.25) is 0 Å². The highest BCUT2D eigenvalue weighted by atomic mass is 19.1. The van der Waals surface area contributed by atoms with E-state index in [1.807, 2.05) is 11.8 Å². The van der Waals surface area contributed by atoms with Crippen LogP contribution in [0, 0.1) is 5.82 Å². The number of carbonyl (C=O) groups is 1. The maximum absolute atomic E-state index is 14.0. The summed E-state index contributed by atoms with van der Waals surface area (Å²) in [6.07, 6.45) is 3.09. The first-order valence-corrected chi connectivity index (χ1v) is 6.80. The number of hydrogen-bond acceptors (Lipinski definition) is 2. The largest absolute Gasteiger partial charge is 0.369 e. The average molecular weight is 265 g/mol. The van der Waals surface area contributed by atoms with Crippen molar-refractivity contribution in [3.05, 3.63) is 24.0 Å². The van der Waals surface area contributed by atoms with Crippen molar-refractivity contribution in [1.29, 1.82) is 0 Å². The second kappa shape index (κ2) is 6.41. The van der Waals surface area contributed by atoms with Gasteiger partial charge in [0.2, 0.25) is 0 Å². The summed E-state index contributed by atoms with van der Waals surface area (Å²) in [6.45, 7) is 4.40. The summed E-state index contributed by atoms with van der Waals surface area (Å²) in [5.74, 6) is -0.282. The van der Waals surface area contributed by atoms with Crippen molar-refractivity contribution in [2.24, 2.45) is 0 Å². The Labute approximate surface area is 113 Å². The monoisotopic (exact) mass is 265 g/mol. The van der Waals surface area contributed by atoms with Gasteiger partial charge in [0.15, 0.2) is 0 Å². The molecule has 1 aromatic rings. The Morgan fingerprint density at radius 2 is 2.11 bits per heavy atom. The van der Waals surface area contributed by atoms with Gasteiger partial charge >= 0.3 is 6.03 Å². The second-order valence-corrected chi connectivity index (χ2v) is 4.74. The standard InChI is InChI=1S/C14H20FN3O/c1-2-7-16-14(19)17-11-5-6-13(12(15)10-11)18-8-3-4-9-18/h5-6,10H,2-4,7-9H2,1H3,(H2,16,17,19). The van der Waals surface area contributed by atoms with Crippen LogP contribution >= 0.6 is 0 Å². The smallest absolute Gasteiger partial charge is 0.319 e. The molecule has 1 aliphatic heterocycles. The molecule has 0 bridgehead atoms. The van der Waals surface area contributed by atoms with E-state index in [9.17, 15) is 9.18 Å². The Morgan fingerprint density at radius 3 is 2.74 bits per heavy atom. The lowest BCUT2D eigenvalue weighted by atomic mass is 10.2. The van der Waals surface area contributed by atoms with Gasteiger partial charge in [0, 0.05) is 25.3 Å². The minimum atomic E-state index is -0.296. The molecule has 104 valence electrons. The molecule has 1 aromatic carbocycles. The molecule has 0 spiro atoms. The molecule has 1 heterocycles. The molecule has 0 aromatic heterocycles. The number of hydrogen-bond donors (Lipinski definition) is 2. The van der Waals surface area contributed by atoms with Crippen molar-refractivity contribution in [3.63, 3.8) is 0 Å². The number of anilines is 2. The quantitative estimate of drug-likeness (QED) is 0.879. The van der Waals surface area contributed by atoms with Gasteiger partial charge in [-0.2, -0.15) is 0 Å². The summed E-state index contributed by atoms with van der Waals surface area (Å²) >= 11 is 0. The molecule has 2 N–H and O–H groups in total. The zero-order valence-corrected chi connectivity index (χ0v) is 11.2. The summed E-state index contributed by atoms with van der Waals surface area (Å²) in [4.78, 5) is 13.5. The van der Waals surface area contributed by atoms with Gasteiger partial charge in [-0.15, -0.1) is 0 Å². The van der Waals surface area contributed by atoms with Crippen molar-refractivity contribution in [2.45, 2.75) is 26.2 Å². The highest BCUT2D eigenvalue weighted by Crippen LogP contribution is 2.25. The van der Waals surface area contributed by atoms with Crippen LogP contribution in [0.4, 0.5) is 20.6 Å². The van der Waals surface area contributed by atoms with Crippen LogP contribution in [0.15, 0.2) is 18.2 Å². The van der Waals surface area contributed by atoms with E-state index >= 15 is 0 Å². The summed E-state index contributed by atoms with van der Waals surface area (Å²) in [5.41, 5.74) is 1.10. The first-order valence-electron chi connectivity index (χ1n) is 6.80. The van der Waals surface area contributed by atoms with E-state index in [1.165, 1.54) is 6.07 Å². The minimum absolute atomic E-state index is 0.282. The number of nitrogens with zero attached hydrogens (tertiary/aromatic N) is 1. The van der Waals surface area contributed by atoms with Gasteiger partial charge in [-0.1, -0.05) is 6.92 Å². The molecule has 0 atom stereocenters. The van der Waals surface area contributed by atoms with E-state index in [0.29, 0.717) is 17.9 Å². The second-order valence-electron chi connectivity index (χ2n) is 4.74. The Kier molecular flexibility index (Phi) is 4.60. The molecule has 0 saturated carbocycles. The number of benzene rings is 1. The molecule has 5 heteroatoms. The van der Waals surface area contributed by atoms with Crippen LogP contribution in [0.3, 0.4) is 0 Å². The first-order chi connectivity index (χ1) is 9.20. The molecule has 1 aliphatic rings. The van der Waals surface area contributed by atoms with Gasteiger partial charge in [0.05, 0.1) is 5.69 Å². The van der Waals surface area contributed by atoms with Gasteiger partial charge in [-0.05, 0) is 37.5 Å². The Bertz CT molecular complexity index is 444. The fourth-order valence-corrected chi connectivity index (χ4v) is 2.21. The van der Waals surface area contributed by atoms with Crippen molar-refractivity contribution in [1.82, 2.24) is 5.32 Å². The van der Waals surface area contributed by atoms with E-state index in [0.717, 1.165) is 32.4 Å². The van der Waals surface area contributed by atoms with Crippen molar-refractivity contribution < 1.29 is 9.18 Å². The molecular weight excluding hydrogens is 245 g/mol. The van der Waals surface area contributed by atoms with Crippen LogP contribution < -0.4 is 15.5 Å². The maximum Gasteiger partial charge on any atom is 0.319 e. The molecular formula is C14H20FN3O. The van der Waals surface area contributed by atoms with E-state index in [1.54, 1.807) is 12.1 Å². The number of urea groups is 1. The third-order valence-electron chi connectivity index (χ3n) is 3.19. The lowest BCUT2D eigenvalue weighted by molar-refractivity contribution is 0.252. The van der Waals surface area contributed by atoms with Crippen LogP contribution in [0.1, 0.15) is 26.2 Å². The third-order valence-corrected chi connectivity index (χ3v) is 3.19. The Balaban J connectivity index is 2.00. The van der Waals surface area contributed by atoms with E-state index in [-0.39, 0.29) is 11.8 Å². The topological polar surface area (TPSA) is 44.4 Å².